The Balaban J connectivity index is 2.15. The third-order valence-electron chi connectivity index (χ3n) is 2.11. The summed E-state index contributed by atoms with van der Waals surface area (Å²) in [6.07, 6.45) is 0.474. The lowest BCUT2D eigenvalue weighted by Crippen LogP contribution is -2.01. The highest BCUT2D eigenvalue weighted by Crippen LogP contribution is 2.24. The van der Waals surface area contributed by atoms with E-state index in [1.165, 1.54) is 0 Å². The summed E-state index contributed by atoms with van der Waals surface area (Å²) in [6.45, 7) is 0. The summed E-state index contributed by atoms with van der Waals surface area (Å²) in [6, 6.07) is 11.4. The molecular formula is C12H9BrOS. The molecule has 0 unspecified atom stereocenters. The molecule has 1 aromatic heterocycles. The van der Waals surface area contributed by atoms with Crippen LogP contribution in [0.25, 0.3) is 0 Å². The van der Waals surface area contributed by atoms with Crippen LogP contribution in [0.4, 0.5) is 0 Å². The van der Waals surface area contributed by atoms with E-state index in [4.69, 9.17) is 0 Å². The van der Waals surface area contributed by atoms with Gasteiger partial charge in [0.25, 0.3) is 0 Å². The lowest BCUT2D eigenvalue weighted by molar-refractivity contribution is 0.0993. The van der Waals surface area contributed by atoms with E-state index in [0.717, 1.165) is 14.9 Å². The fraction of sp³-hybridized carbons (Fsp3) is 0.0833. The molecule has 0 N–H and O–H groups in total. The number of carbonyl (C=O) groups excluding carboxylic acids is 1. The number of thiophene rings is 1. The smallest absolute Gasteiger partial charge is 0.168 e. The van der Waals surface area contributed by atoms with Gasteiger partial charge in [0.05, 0.1) is 0 Å². The second kappa shape index (κ2) is 4.73. The molecule has 3 heteroatoms. The minimum Gasteiger partial charge on any atom is -0.294 e. The molecule has 0 amide bonds. The van der Waals surface area contributed by atoms with Gasteiger partial charge in [-0.15, -0.1) is 11.3 Å². The largest absolute Gasteiger partial charge is 0.294 e. The monoisotopic (exact) mass is 280 g/mol. The Bertz CT molecular complexity index is 461. The van der Waals surface area contributed by atoms with Crippen molar-refractivity contribution < 1.29 is 4.79 Å². The zero-order chi connectivity index (χ0) is 10.7. The Kier molecular flexibility index (Phi) is 3.34. The van der Waals surface area contributed by atoms with E-state index in [1.54, 1.807) is 11.3 Å². The average Bonchev–Trinajstić information content (AvgIpc) is 2.66. The van der Waals surface area contributed by atoms with Crippen LogP contribution in [0.15, 0.2) is 46.3 Å². The summed E-state index contributed by atoms with van der Waals surface area (Å²) in [5, 5.41) is 1.98. The summed E-state index contributed by atoms with van der Waals surface area (Å²) in [5.41, 5.74) is 0.776. The topological polar surface area (TPSA) is 17.1 Å². The highest BCUT2D eigenvalue weighted by Gasteiger charge is 2.09. The van der Waals surface area contributed by atoms with Crippen LogP contribution in [0.1, 0.15) is 15.2 Å². The molecule has 2 rings (SSSR count). The number of carbonyl (C=O) groups is 1. The second-order valence-corrected chi connectivity index (χ2v) is 5.01. The number of Topliss-reactive ketones (excluding diaryl/α,β-unsaturated/α-hetero) is 1. The SMILES string of the molecule is O=C(Cc1sccc1Br)c1ccccc1. The van der Waals surface area contributed by atoms with Gasteiger partial charge in [0.15, 0.2) is 5.78 Å². The first-order chi connectivity index (χ1) is 7.27. The van der Waals surface area contributed by atoms with Gasteiger partial charge in [-0.2, -0.15) is 0 Å². The standard InChI is InChI=1S/C12H9BrOS/c13-10-6-7-15-12(10)8-11(14)9-4-2-1-3-5-9/h1-7H,8H2. The number of ketones is 1. The highest BCUT2D eigenvalue weighted by atomic mass is 79.9. The number of benzene rings is 1. The zero-order valence-corrected chi connectivity index (χ0v) is 10.3. The van der Waals surface area contributed by atoms with Crippen LogP contribution in [0.3, 0.4) is 0 Å². The van der Waals surface area contributed by atoms with E-state index in [1.807, 2.05) is 41.8 Å². The Labute approximate surface area is 101 Å². The van der Waals surface area contributed by atoms with Gasteiger partial charge in [0.1, 0.15) is 0 Å². The van der Waals surface area contributed by atoms with Gasteiger partial charge in [-0.25, -0.2) is 0 Å². The molecule has 0 saturated heterocycles. The molecule has 1 heterocycles. The summed E-state index contributed by atoms with van der Waals surface area (Å²) >= 11 is 5.03. The molecule has 0 atom stereocenters. The first-order valence-corrected chi connectivity index (χ1v) is 6.25. The first-order valence-electron chi connectivity index (χ1n) is 4.57. The van der Waals surface area contributed by atoms with Gasteiger partial charge >= 0.3 is 0 Å². The van der Waals surface area contributed by atoms with Crippen molar-refractivity contribution >= 4 is 33.0 Å². The van der Waals surface area contributed by atoms with Gasteiger partial charge in [-0.1, -0.05) is 30.3 Å². The van der Waals surface area contributed by atoms with Gasteiger partial charge in [0, 0.05) is 21.3 Å². The number of halogens is 1. The van der Waals surface area contributed by atoms with E-state index in [0.29, 0.717) is 6.42 Å². The summed E-state index contributed by atoms with van der Waals surface area (Å²) < 4.78 is 1.02. The molecule has 2 aromatic rings. The van der Waals surface area contributed by atoms with Crippen LogP contribution < -0.4 is 0 Å². The van der Waals surface area contributed by atoms with Crippen molar-refractivity contribution in [2.24, 2.45) is 0 Å². The average molecular weight is 281 g/mol. The normalized spacial score (nSPS) is 10.2. The molecule has 76 valence electrons. The van der Waals surface area contributed by atoms with Crippen LogP contribution in [0.2, 0.25) is 0 Å². The van der Waals surface area contributed by atoms with Crippen molar-refractivity contribution in [2.45, 2.75) is 6.42 Å². The lowest BCUT2D eigenvalue weighted by Gasteiger charge is -1.99. The molecule has 0 radical (unpaired) electrons. The van der Waals surface area contributed by atoms with E-state index in [2.05, 4.69) is 15.9 Å². The predicted molar refractivity (Wildman–Crippen MR) is 66.5 cm³/mol. The van der Waals surface area contributed by atoms with Gasteiger partial charge in [-0.3, -0.25) is 4.79 Å². The number of hydrogen-bond donors (Lipinski definition) is 0. The fourth-order valence-corrected chi connectivity index (χ4v) is 2.81. The number of rotatable bonds is 3. The number of hydrogen-bond acceptors (Lipinski definition) is 2. The molecule has 0 aliphatic carbocycles. The van der Waals surface area contributed by atoms with E-state index in [9.17, 15) is 4.79 Å². The van der Waals surface area contributed by atoms with Crippen molar-refractivity contribution in [1.82, 2.24) is 0 Å². The maximum absolute atomic E-state index is 11.9. The summed E-state index contributed by atoms with van der Waals surface area (Å²) in [7, 11) is 0. The summed E-state index contributed by atoms with van der Waals surface area (Å²) in [5.74, 6) is 0.166. The Morgan fingerprint density at radius 2 is 1.93 bits per heavy atom. The van der Waals surface area contributed by atoms with Crippen LogP contribution in [-0.2, 0) is 6.42 Å². The van der Waals surface area contributed by atoms with Crippen LogP contribution in [0, 0.1) is 0 Å². The molecule has 0 aliphatic heterocycles. The molecule has 0 spiro atoms. The van der Waals surface area contributed by atoms with E-state index in [-0.39, 0.29) is 5.78 Å². The highest BCUT2D eigenvalue weighted by molar-refractivity contribution is 9.10. The Morgan fingerprint density at radius 3 is 2.53 bits per heavy atom. The van der Waals surface area contributed by atoms with Crippen molar-refractivity contribution in [1.29, 1.82) is 0 Å². The van der Waals surface area contributed by atoms with Crippen molar-refractivity contribution in [3.8, 4) is 0 Å². The third kappa shape index (κ3) is 2.55. The molecule has 0 fully saturated rings. The van der Waals surface area contributed by atoms with Crippen LogP contribution in [-0.4, -0.2) is 5.78 Å². The Morgan fingerprint density at radius 1 is 1.20 bits per heavy atom. The van der Waals surface area contributed by atoms with Gasteiger partial charge < -0.3 is 0 Å². The van der Waals surface area contributed by atoms with E-state index < -0.39 is 0 Å². The first kappa shape index (κ1) is 10.6. The quantitative estimate of drug-likeness (QED) is 0.779. The molecule has 1 aromatic carbocycles. The molecule has 1 nitrogen and oxygen atoms in total. The molecular weight excluding hydrogens is 272 g/mol. The van der Waals surface area contributed by atoms with Gasteiger partial charge in [0.2, 0.25) is 0 Å². The van der Waals surface area contributed by atoms with Crippen LogP contribution >= 0.6 is 27.3 Å². The van der Waals surface area contributed by atoms with Gasteiger partial charge in [-0.05, 0) is 27.4 Å². The molecule has 0 saturated carbocycles. The molecule has 0 aliphatic rings. The third-order valence-corrected chi connectivity index (χ3v) is 4.03. The molecule has 15 heavy (non-hydrogen) atoms. The maximum Gasteiger partial charge on any atom is 0.168 e. The lowest BCUT2D eigenvalue weighted by atomic mass is 10.1. The predicted octanol–water partition coefficient (Wildman–Crippen LogP) is 3.94. The van der Waals surface area contributed by atoms with Crippen molar-refractivity contribution in [3.05, 3.63) is 56.7 Å². The second-order valence-electron chi connectivity index (χ2n) is 3.16. The Hall–Kier alpha value is -0.930. The summed E-state index contributed by atoms with van der Waals surface area (Å²) in [4.78, 5) is 12.9. The molecule has 0 bridgehead atoms. The maximum atomic E-state index is 11.9. The minimum atomic E-state index is 0.166. The van der Waals surface area contributed by atoms with Crippen LogP contribution in [0.5, 0.6) is 0 Å². The minimum absolute atomic E-state index is 0.166. The fourth-order valence-electron chi connectivity index (χ4n) is 1.32. The van der Waals surface area contributed by atoms with E-state index >= 15 is 0 Å². The van der Waals surface area contributed by atoms with Crippen molar-refractivity contribution in [3.63, 3.8) is 0 Å². The van der Waals surface area contributed by atoms with Crippen molar-refractivity contribution in [2.75, 3.05) is 0 Å². The zero-order valence-electron chi connectivity index (χ0n) is 7.94.